The summed E-state index contributed by atoms with van der Waals surface area (Å²) in [4.78, 5) is 25.0. The van der Waals surface area contributed by atoms with Gasteiger partial charge in [-0.3, -0.25) is 4.79 Å². The van der Waals surface area contributed by atoms with Crippen LogP contribution in [-0.2, 0) is 9.53 Å². The highest BCUT2D eigenvalue weighted by Crippen LogP contribution is 2.42. The van der Waals surface area contributed by atoms with Crippen LogP contribution in [0.2, 0.25) is 0 Å². The molecule has 5 nitrogen and oxygen atoms in total. The molecule has 2 fully saturated rings. The number of aliphatic hydroxyl groups excluding tert-OH is 1. The van der Waals surface area contributed by atoms with E-state index in [4.69, 9.17) is 4.74 Å². The average Bonchev–Trinajstić information content (AvgIpc) is 2.79. The normalized spacial score (nSPS) is 35.8. The first-order valence-electron chi connectivity index (χ1n) is 6.18. The lowest BCUT2D eigenvalue weighted by Gasteiger charge is -2.25. The van der Waals surface area contributed by atoms with Crippen LogP contribution in [0, 0.1) is 11.8 Å². The molecule has 1 aliphatic heterocycles. The number of aliphatic hydroxyl groups is 1. The molecule has 1 saturated heterocycles. The van der Waals surface area contributed by atoms with Gasteiger partial charge in [-0.05, 0) is 25.7 Å². The van der Waals surface area contributed by atoms with Gasteiger partial charge in [0.15, 0.2) is 5.81 Å². The Hall–Kier alpha value is -1.04. The fraction of sp³-hybridized carbons (Fsp3) is 0.818. The Morgan fingerprint density at radius 1 is 1.41 bits per heavy atom. The summed E-state index contributed by atoms with van der Waals surface area (Å²) in [5.74, 6) is -0.352. The first-order valence-corrected chi connectivity index (χ1v) is 6.18. The summed E-state index contributed by atoms with van der Waals surface area (Å²) in [5, 5.41) is 9.84. The molecule has 0 bridgehead atoms. The molecule has 0 radical (unpaired) electrons. The number of esters is 1. The van der Waals surface area contributed by atoms with Crippen LogP contribution in [-0.4, -0.2) is 54.9 Å². The number of fused-ring (bicyclic) bond motifs is 1. The van der Waals surface area contributed by atoms with E-state index < -0.39 is 6.04 Å². The maximum atomic E-state index is 11.9. The Kier molecular flexibility index (Phi) is 3.42. The molecule has 1 heterocycles. The van der Waals surface area contributed by atoms with Gasteiger partial charge in [-0.1, -0.05) is 0 Å². The summed E-state index contributed by atoms with van der Waals surface area (Å²) in [5.41, 5.74) is 0. The largest absolute Gasteiger partial charge is 0.464 e. The summed E-state index contributed by atoms with van der Waals surface area (Å²) in [6.07, 6.45) is 1.12. The maximum absolute atomic E-state index is 11.9. The van der Waals surface area contributed by atoms with Gasteiger partial charge in [0.1, 0.15) is 6.04 Å². The summed E-state index contributed by atoms with van der Waals surface area (Å²) in [6.45, 7) is 2.55. The van der Waals surface area contributed by atoms with E-state index in [-0.39, 0.29) is 29.7 Å². The number of hydrogen-bond donors (Lipinski definition) is 1. The number of carbonyl (C=O) groups excluding carboxylic acids is 2. The zero-order valence-electron chi connectivity index (χ0n) is 10.3. The number of nitrogens with zero attached hydrogens (tertiary/aromatic N) is 1. The van der Waals surface area contributed by atoms with Crippen LogP contribution >= 0.6 is 0 Å². The van der Waals surface area contributed by atoms with Gasteiger partial charge in [-0.25, -0.2) is 4.79 Å². The van der Waals surface area contributed by atoms with E-state index in [1.807, 2.05) is 0 Å². The van der Waals surface area contributed by atoms with Gasteiger partial charge in [0.05, 0.1) is 12.7 Å². The van der Waals surface area contributed by atoms with Crippen LogP contribution in [0.5, 0.6) is 0 Å². The first kappa shape index (κ1) is 12.4. The van der Waals surface area contributed by atoms with Crippen LogP contribution in [0.4, 0.5) is 4.79 Å². The number of rotatable bonds is 2. The molecule has 1 amide bonds. The van der Waals surface area contributed by atoms with Crippen LogP contribution in [0.25, 0.3) is 0 Å². The molecular weight excluding hydrogens is 221 g/mol. The molecule has 4 atom stereocenters. The van der Waals surface area contributed by atoms with Gasteiger partial charge in [0, 0.05) is 12.5 Å². The second-order valence-electron chi connectivity index (χ2n) is 4.84. The molecule has 1 saturated carbocycles. The Morgan fingerprint density at radius 3 is 2.71 bits per heavy atom. The van der Waals surface area contributed by atoms with E-state index in [0.717, 1.165) is 12.8 Å². The summed E-state index contributed by atoms with van der Waals surface area (Å²) >= 11 is 0. The second-order valence-corrected chi connectivity index (χ2v) is 4.84. The van der Waals surface area contributed by atoms with E-state index >= 15 is 0 Å². The van der Waals surface area contributed by atoms with Gasteiger partial charge < -0.3 is 14.7 Å². The Morgan fingerprint density at radius 2 is 2.12 bits per heavy atom. The quantitative estimate of drug-likeness (QED) is 0.514. The van der Waals surface area contributed by atoms with E-state index in [0.29, 0.717) is 13.2 Å². The fourth-order valence-electron chi connectivity index (χ4n) is 3.15. The third kappa shape index (κ3) is 2.06. The Bertz CT molecular complexity index is 335. The minimum atomic E-state index is -0.491. The minimum Gasteiger partial charge on any atom is -0.464 e. The monoisotopic (exact) mass is 239 g/mol. The van der Waals surface area contributed by atoms with Crippen LogP contribution in [0.1, 0.15) is 19.8 Å². The van der Waals surface area contributed by atoms with E-state index in [9.17, 15) is 14.7 Å². The Balaban J connectivity index is 2.19. The van der Waals surface area contributed by atoms with Gasteiger partial charge >= 0.3 is 5.97 Å². The molecule has 1 unspecified atom stereocenters. The SMILES string of the molecule is BC(=O)N1C[C@@H]2C(O)CC[C@@H]2[C@H]1C(=O)OCC. The van der Waals surface area contributed by atoms with Gasteiger partial charge in [-0.15, -0.1) is 0 Å². The molecule has 94 valence electrons. The van der Waals surface area contributed by atoms with Crippen molar-refractivity contribution < 1.29 is 19.4 Å². The van der Waals surface area contributed by atoms with Crippen molar-refractivity contribution in [3.8, 4) is 0 Å². The van der Waals surface area contributed by atoms with Crippen LogP contribution in [0.15, 0.2) is 0 Å². The van der Waals surface area contributed by atoms with Gasteiger partial charge in [0.2, 0.25) is 7.85 Å². The predicted octanol–water partition coefficient (Wildman–Crippen LogP) is -0.626. The lowest BCUT2D eigenvalue weighted by molar-refractivity contribution is -0.148. The number of likely N-dealkylation sites (tertiary alicyclic amines) is 1. The molecule has 0 aromatic carbocycles. The van der Waals surface area contributed by atoms with Crippen molar-refractivity contribution in [3.63, 3.8) is 0 Å². The summed E-state index contributed by atoms with van der Waals surface area (Å²) < 4.78 is 5.04. The van der Waals surface area contributed by atoms with Crippen molar-refractivity contribution in [3.05, 3.63) is 0 Å². The number of carbonyl (C=O) groups is 2. The molecule has 0 aromatic heterocycles. The molecule has 6 heteroatoms. The average molecular weight is 239 g/mol. The molecule has 0 spiro atoms. The minimum absolute atomic E-state index is 0.0355. The predicted molar refractivity (Wildman–Crippen MR) is 63.3 cm³/mol. The molecule has 1 N–H and O–H groups in total. The highest BCUT2D eigenvalue weighted by molar-refractivity contribution is 6.57. The van der Waals surface area contributed by atoms with E-state index in [2.05, 4.69) is 0 Å². The zero-order valence-corrected chi connectivity index (χ0v) is 10.3. The second kappa shape index (κ2) is 4.68. The van der Waals surface area contributed by atoms with Crippen molar-refractivity contribution >= 4 is 19.6 Å². The first-order chi connectivity index (χ1) is 8.06. The maximum Gasteiger partial charge on any atom is 0.329 e. The Labute approximate surface area is 102 Å². The van der Waals surface area contributed by atoms with E-state index in [1.54, 1.807) is 11.8 Å². The summed E-state index contributed by atoms with van der Waals surface area (Å²) in [6, 6.07) is -0.491. The lowest BCUT2D eigenvalue weighted by Crippen LogP contribution is -2.43. The fourth-order valence-corrected chi connectivity index (χ4v) is 3.15. The van der Waals surface area contributed by atoms with Crippen molar-refractivity contribution in [2.75, 3.05) is 13.2 Å². The summed E-state index contributed by atoms with van der Waals surface area (Å²) in [7, 11) is 1.46. The molecular formula is C11H18BNO4. The van der Waals surface area contributed by atoms with Crippen LogP contribution in [0.3, 0.4) is 0 Å². The standard InChI is InChI=1S/C11H18BNO4/c1-2-17-10(15)9-6-3-4-8(14)7(6)5-13(9)11(12)16/h6-9,14H,2-5,12H2,1H3/t6-,7-,8?,9-/m0/s1. The van der Waals surface area contributed by atoms with E-state index in [1.165, 1.54) is 7.85 Å². The molecule has 0 aromatic rings. The van der Waals surface area contributed by atoms with Crippen molar-refractivity contribution in [2.45, 2.75) is 31.9 Å². The van der Waals surface area contributed by atoms with Gasteiger partial charge in [0.25, 0.3) is 0 Å². The van der Waals surface area contributed by atoms with Crippen LogP contribution < -0.4 is 0 Å². The molecule has 2 rings (SSSR count). The molecule has 17 heavy (non-hydrogen) atoms. The van der Waals surface area contributed by atoms with Gasteiger partial charge in [-0.2, -0.15) is 0 Å². The third-order valence-electron chi connectivity index (χ3n) is 3.92. The molecule has 2 aliphatic rings. The van der Waals surface area contributed by atoms with Crippen molar-refractivity contribution in [1.82, 2.24) is 4.90 Å². The lowest BCUT2D eigenvalue weighted by atomic mass is 9.93. The molecule has 1 aliphatic carbocycles. The topological polar surface area (TPSA) is 66.8 Å². The number of hydrogen-bond acceptors (Lipinski definition) is 4. The highest BCUT2D eigenvalue weighted by atomic mass is 16.5. The smallest absolute Gasteiger partial charge is 0.329 e. The zero-order chi connectivity index (χ0) is 12.6. The number of amides is 1. The third-order valence-corrected chi connectivity index (χ3v) is 3.92. The highest BCUT2D eigenvalue weighted by Gasteiger charge is 2.52. The van der Waals surface area contributed by atoms with Crippen molar-refractivity contribution in [1.29, 1.82) is 0 Å². The number of ether oxygens (including phenoxy) is 1. The van der Waals surface area contributed by atoms with Crippen molar-refractivity contribution in [2.24, 2.45) is 11.8 Å².